The second-order valence-electron chi connectivity index (χ2n) is 9.37. The van der Waals surface area contributed by atoms with Crippen LogP contribution < -0.4 is 10.6 Å². The molecular weight excluding hydrogens is 507 g/mol. The van der Waals surface area contributed by atoms with Gasteiger partial charge in [-0.25, -0.2) is 18.4 Å². The molecule has 3 N–H and O–H groups in total. The third-order valence-electron chi connectivity index (χ3n) is 6.74. The number of carboxylic acid groups (broad SMARTS) is 1. The van der Waals surface area contributed by atoms with Gasteiger partial charge in [0.25, 0.3) is 0 Å². The number of rotatable bonds is 7. The molecule has 0 bridgehead atoms. The first-order chi connectivity index (χ1) is 18.0. The van der Waals surface area contributed by atoms with E-state index in [0.717, 1.165) is 43.9 Å². The van der Waals surface area contributed by atoms with Crippen LogP contribution in [0.15, 0.2) is 66.7 Å². The molecule has 4 rings (SSSR count). The van der Waals surface area contributed by atoms with E-state index in [1.807, 2.05) is 0 Å². The Hall–Kier alpha value is -3.95. The number of amides is 2. The second kappa shape index (κ2) is 10.8. The lowest BCUT2D eigenvalue weighted by atomic mass is 9.77. The number of benzene rings is 3. The van der Waals surface area contributed by atoms with Gasteiger partial charge in [-0.2, -0.15) is 13.2 Å². The summed E-state index contributed by atoms with van der Waals surface area (Å²) in [6, 6.07) is 12.5. The Labute approximate surface area is 215 Å². The van der Waals surface area contributed by atoms with Gasteiger partial charge < -0.3 is 15.7 Å². The highest BCUT2D eigenvalue weighted by atomic mass is 19.4. The topological polar surface area (TPSA) is 78.4 Å². The summed E-state index contributed by atoms with van der Waals surface area (Å²) >= 11 is 0. The molecule has 0 radical (unpaired) electrons. The van der Waals surface area contributed by atoms with Crippen molar-refractivity contribution in [2.45, 2.75) is 49.9 Å². The molecule has 3 aromatic carbocycles. The normalized spacial score (nSPS) is 15.6. The van der Waals surface area contributed by atoms with E-state index >= 15 is 0 Å². The van der Waals surface area contributed by atoms with Gasteiger partial charge in [0, 0.05) is 12.5 Å². The quantitative estimate of drug-likeness (QED) is 0.308. The van der Waals surface area contributed by atoms with Crippen LogP contribution in [0, 0.1) is 11.6 Å². The van der Waals surface area contributed by atoms with E-state index in [9.17, 15) is 36.6 Å². The van der Waals surface area contributed by atoms with Crippen LogP contribution in [0.2, 0.25) is 0 Å². The van der Waals surface area contributed by atoms with Crippen molar-refractivity contribution in [1.82, 2.24) is 10.6 Å². The highest BCUT2D eigenvalue weighted by molar-refractivity contribution is 5.88. The van der Waals surface area contributed by atoms with Crippen LogP contribution in [0.4, 0.5) is 26.7 Å². The molecule has 1 atom stereocenters. The highest BCUT2D eigenvalue weighted by Gasteiger charge is 2.41. The standard InChI is InChI=1S/C28H25F5N2O3/c29-21-13-19(12-20(14-21)28(31,32)33)27(16-17-6-2-1-3-7-17,35-26(38)34-22-8-4-5-9-22)18-10-11-23(25(36)37)24(30)15-18/h1-3,6-7,10-15,22H,4-5,8-9,16H2,(H,36,37)(H2,34,35,38). The molecule has 0 aromatic heterocycles. The van der Waals surface area contributed by atoms with E-state index in [0.29, 0.717) is 17.7 Å². The summed E-state index contributed by atoms with van der Waals surface area (Å²) in [6.07, 6.45) is -1.83. The molecule has 1 aliphatic rings. The molecule has 1 saturated carbocycles. The SMILES string of the molecule is O=C(NC1CCCC1)NC(Cc1ccccc1)(c1cc(F)cc(C(F)(F)F)c1)c1ccc(C(=O)O)c(F)c1. The van der Waals surface area contributed by atoms with Crippen LogP contribution in [0.3, 0.4) is 0 Å². The molecule has 10 heteroatoms. The number of urea groups is 1. The van der Waals surface area contributed by atoms with Gasteiger partial charge in [0.1, 0.15) is 11.6 Å². The van der Waals surface area contributed by atoms with Crippen LogP contribution in [-0.4, -0.2) is 23.1 Å². The summed E-state index contributed by atoms with van der Waals surface area (Å²) in [5.41, 5.74) is -3.63. The number of hydrogen-bond donors (Lipinski definition) is 3. The Morgan fingerprint density at radius 3 is 2.13 bits per heavy atom. The predicted molar refractivity (Wildman–Crippen MR) is 130 cm³/mol. The van der Waals surface area contributed by atoms with Crippen LogP contribution in [0.25, 0.3) is 0 Å². The molecule has 2 amide bonds. The van der Waals surface area contributed by atoms with Crippen molar-refractivity contribution >= 4 is 12.0 Å². The summed E-state index contributed by atoms with van der Waals surface area (Å²) in [5.74, 6) is -3.90. The zero-order chi connectivity index (χ0) is 27.5. The van der Waals surface area contributed by atoms with Crippen LogP contribution >= 0.6 is 0 Å². The number of carbonyl (C=O) groups excluding carboxylic acids is 1. The van der Waals surface area contributed by atoms with E-state index in [2.05, 4.69) is 10.6 Å². The molecule has 0 heterocycles. The van der Waals surface area contributed by atoms with Crippen molar-refractivity contribution in [3.63, 3.8) is 0 Å². The van der Waals surface area contributed by atoms with Crippen molar-refractivity contribution in [3.8, 4) is 0 Å². The van der Waals surface area contributed by atoms with Crippen molar-refractivity contribution in [3.05, 3.63) is 106 Å². The van der Waals surface area contributed by atoms with E-state index in [-0.39, 0.29) is 23.6 Å². The summed E-state index contributed by atoms with van der Waals surface area (Å²) in [5, 5.41) is 14.8. The molecule has 200 valence electrons. The Morgan fingerprint density at radius 1 is 0.868 bits per heavy atom. The summed E-state index contributed by atoms with van der Waals surface area (Å²) < 4.78 is 70.8. The zero-order valence-corrected chi connectivity index (χ0v) is 20.1. The fourth-order valence-electron chi connectivity index (χ4n) is 4.90. The molecule has 1 fully saturated rings. The van der Waals surface area contributed by atoms with Gasteiger partial charge >= 0.3 is 18.2 Å². The molecule has 1 unspecified atom stereocenters. The molecule has 3 aromatic rings. The zero-order valence-electron chi connectivity index (χ0n) is 20.1. The minimum Gasteiger partial charge on any atom is -0.478 e. The first kappa shape index (κ1) is 27.1. The number of halogens is 5. The molecule has 0 spiro atoms. The van der Waals surface area contributed by atoms with Gasteiger partial charge in [-0.3, -0.25) is 0 Å². The fourth-order valence-corrected chi connectivity index (χ4v) is 4.90. The Bertz CT molecular complexity index is 1320. The van der Waals surface area contributed by atoms with Crippen LogP contribution in [0.1, 0.15) is 58.3 Å². The maximum Gasteiger partial charge on any atom is 0.416 e. The first-order valence-electron chi connectivity index (χ1n) is 12.0. The van der Waals surface area contributed by atoms with E-state index in [1.54, 1.807) is 30.3 Å². The molecular formula is C28H25F5N2O3. The van der Waals surface area contributed by atoms with Crippen LogP contribution in [-0.2, 0) is 18.1 Å². The largest absolute Gasteiger partial charge is 0.478 e. The highest BCUT2D eigenvalue weighted by Crippen LogP contribution is 2.39. The third kappa shape index (κ3) is 5.95. The second-order valence-corrected chi connectivity index (χ2v) is 9.37. The van der Waals surface area contributed by atoms with Gasteiger partial charge in [0.15, 0.2) is 0 Å². The number of alkyl halides is 3. The molecule has 38 heavy (non-hydrogen) atoms. The van der Waals surface area contributed by atoms with Gasteiger partial charge in [0.05, 0.1) is 16.7 Å². The minimum absolute atomic E-state index is 0.0517. The lowest BCUT2D eigenvalue weighted by molar-refractivity contribution is -0.137. The molecule has 5 nitrogen and oxygen atoms in total. The third-order valence-corrected chi connectivity index (χ3v) is 6.74. The van der Waals surface area contributed by atoms with E-state index in [1.165, 1.54) is 6.07 Å². The van der Waals surface area contributed by atoms with Gasteiger partial charge in [-0.15, -0.1) is 0 Å². The van der Waals surface area contributed by atoms with Crippen LogP contribution in [0.5, 0.6) is 0 Å². The predicted octanol–water partition coefficient (Wildman–Crippen LogP) is 6.41. The van der Waals surface area contributed by atoms with Gasteiger partial charge in [-0.1, -0.05) is 49.2 Å². The minimum atomic E-state index is -4.90. The summed E-state index contributed by atoms with van der Waals surface area (Å²) in [4.78, 5) is 24.7. The van der Waals surface area contributed by atoms with Gasteiger partial charge in [0.2, 0.25) is 0 Å². The van der Waals surface area contributed by atoms with Crippen molar-refractivity contribution < 1.29 is 36.6 Å². The summed E-state index contributed by atoms with van der Waals surface area (Å²) in [6.45, 7) is 0. The molecule has 0 aliphatic heterocycles. The molecule has 0 saturated heterocycles. The number of hydrogen-bond acceptors (Lipinski definition) is 2. The average molecular weight is 533 g/mol. The maximum atomic E-state index is 14.9. The lowest BCUT2D eigenvalue weighted by Crippen LogP contribution is -2.53. The van der Waals surface area contributed by atoms with Crippen molar-refractivity contribution in [2.75, 3.05) is 0 Å². The van der Waals surface area contributed by atoms with Crippen molar-refractivity contribution in [2.24, 2.45) is 0 Å². The Morgan fingerprint density at radius 2 is 1.53 bits per heavy atom. The van der Waals surface area contributed by atoms with Crippen molar-refractivity contribution in [1.29, 1.82) is 0 Å². The first-order valence-corrected chi connectivity index (χ1v) is 12.0. The molecule has 1 aliphatic carbocycles. The monoisotopic (exact) mass is 532 g/mol. The number of nitrogens with one attached hydrogen (secondary N) is 2. The van der Waals surface area contributed by atoms with E-state index in [4.69, 9.17) is 0 Å². The maximum absolute atomic E-state index is 14.9. The number of carbonyl (C=O) groups is 2. The lowest BCUT2D eigenvalue weighted by Gasteiger charge is -2.37. The fraction of sp³-hybridized carbons (Fsp3) is 0.286. The number of aromatic carboxylic acids is 1. The van der Waals surface area contributed by atoms with E-state index < -0.39 is 46.5 Å². The van der Waals surface area contributed by atoms with Gasteiger partial charge in [-0.05, 0) is 59.9 Å². The Kier molecular flexibility index (Phi) is 7.71. The smallest absolute Gasteiger partial charge is 0.416 e. The summed E-state index contributed by atoms with van der Waals surface area (Å²) in [7, 11) is 0. The Balaban J connectivity index is 1.94. The number of carboxylic acids is 1. The average Bonchev–Trinajstić information content (AvgIpc) is 3.36.